The molecule has 4 rings (SSSR count). The van der Waals surface area contributed by atoms with Crippen molar-refractivity contribution in [3.05, 3.63) is 81.9 Å². The number of nitro groups is 1. The molecule has 1 amide bonds. The molecule has 10 nitrogen and oxygen atoms in total. The van der Waals surface area contributed by atoms with E-state index >= 15 is 0 Å². The maximum absolute atomic E-state index is 12.5. The van der Waals surface area contributed by atoms with Gasteiger partial charge in [-0.1, -0.05) is 30.3 Å². The van der Waals surface area contributed by atoms with Crippen LogP contribution in [0.25, 0.3) is 22.4 Å². The maximum Gasteiger partial charge on any atom is 0.274 e. The molecule has 10 heteroatoms. The van der Waals surface area contributed by atoms with E-state index in [2.05, 4.69) is 20.5 Å². The van der Waals surface area contributed by atoms with E-state index in [-0.39, 0.29) is 22.7 Å². The number of ether oxygens (including phenoxy) is 1. The minimum absolute atomic E-state index is 0.0212. The van der Waals surface area contributed by atoms with Crippen LogP contribution in [0.15, 0.2) is 65.8 Å². The summed E-state index contributed by atoms with van der Waals surface area (Å²) < 4.78 is 4.94. The van der Waals surface area contributed by atoms with Crippen LogP contribution in [0, 0.1) is 10.1 Å². The van der Waals surface area contributed by atoms with Crippen LogP contribution in [0.2, 0.25) is 0 Å². The zero-order chi connectivity index (χ0) is 22.7. The van der Waals surface area contributed by atoms with Crippen molar-refractivity contribution in [2.45, 2.75) is 0 Å². The lowest BCUT2D eigenvalue weighted by atomic mass is 10.1. The average Bonchev–Trinajstić information content (AvgIpc) is 3.24. The molecule has 0 aliphatic carbocycles. The van der Waals surface area contributed by atoms with Crippen molar-refractivity contribution in [2.75, 3.05) is 7.11 Å². The number of hydrogen-bond donors (Lipinski definition) is 3. The summed E-state index contributed by atoms with van der Waals surface area (Å²) in [5.41, 5.74) is 4.72. The number of hydrogen-bond acceptors (Lipinski definition) is 7. The van der Waals surface area contributed by atoms with Crippen molar-refractivity contribution in [3.63, 3.8) is 0 Å². The highest BCUT2D eigenvalue weighted by Gasteiger charge is 2.16. The summed E-state index contributed by atoms with van der Waals surface area (Å²) in [5, 5.41) is 25.0. The van der Waals surface area contributed by atoms with Crippen LogP contribution >= 0.6 is 0 Å². The van der Waals surface area contributed by atoms with Gasteiger partial charge in [-0.3, -0.25) is 14.9 Å². The number of aromatic amines is 1. The molecule has 0 spiro atoms. The second kappa shape index (κ2) is 8.56. The molecule has 1 heterocycles. The lowest BCUT2D eigenvalue weighted by molar-refractivity contribution is -0.385. The predicted molar refractivity (Wildman–Crippen MR) is 118 cm³/mol. The van der Waals surface area contributed by atoms with E-state index in [0.717, 1.165) is 23.9 Å². The van der Waals surface area contributed by atoms with E-state index in [9.17, 15) is 20.0 Å². The highest BCUT2D eigenvalue weighted by Crippen LogP contribution is 2.33. The van der Waals surface area contributed by atoms with E-state index in [1.54, 1.807) is 18.2 Å². The van der Waals surface area contributed by atoms with Crippen LogP contribution in [-0.4, -0.2) is 39.2 Å². The SMILES string of the molecule is COc1cc([N+](=O)[O-])cc(/C=N/NC(=O)c2ccc3nc(-c4ccccc4)[nH]c3c2)c1O. The standard InChI is InChI=1S/C22H17N5O5/c1-32-19-11-16(27(30)31)9-15(20(19)28)12-23-26-22(29)14-7-8-17-18(10-14)25-21(24-17)13-5-3-2-4-6-13/h2-12,28H,1H3,(H,24,25)(H,26,29)/b23-12+. The molecule has 4 aromatic rings. The number of nitrogens with zero attached hydrogens (tertiary/aromatic N) is 3. The van der Waals surface area contributed by atoms with Gasteiger partial charge < -0.3 is 14.8 Å². The van der Waals surface area contributed by atoms with Crippen molar-refractivity contribution in [1.29, 1.82) is 0 Å². The summed E-state index contributed by atoms with van der Waals surface area (Å²) in [7, 11) is 1.27. The van der Waals surface area contributed by atoms with Crippen LogP contribution in [0.3, 0.4) is 0 Å². The number of phenols is 1. The Balaban J connectivity index is 1.54. The fourth-order valence-electron chi connectivity index (χ4n) is 3.08. The summed E-state index contributed by atoms with van der Waals surface area (Å²) in [5.74, 6) is -0.225. The van der Waals surface area contributed by atoms with Crippen molar-refractivity contribution in [3.8, 4) is 22.9 Å². The number of non-ortho nitro benzene ring substituents is 1. The number of phenolic OH excluding ortho intramolecular Hbond substituents is 1. The van der Waals surface area contributed by atoms with Crippen LogP contribution in [0.4, 0.5) is 5.69 Å². The molecule has 0 bridgehead atoms. The Kier molecular flexibility index (Phi) is 5.49. The number of carbonyl (C=O) groups excluding carboxylic acids is 1. The van der Waals surface area contributed by atoms with E-state index < -0.39 is 10.8 Å². The fraction of sp³-hybridized carbons (Fsp3) is 0.0455. The molecule has 0 fully saturated rings. The molecule has 160 valence electrons. The lowest BCUT2D eigenvalue weighted by Gasteiger charge is -2.06. The zero-order valence-corrected chi connectivity index (χ0v) is 16.8. The quantitative estimate of drug-likeness (QED) is 0.242. The van der Waals surface area contributed by atoms with E-state index in [1.807, 2.05) is 30.3 Å². The first kappa shape index (κ1) is 20.5. The van der Waals surface area contributed by atoms with Gasteiger partial charge >= 0.3 is 0 Å². The summed E-state index contributed by atoms with van der Waals surface area (Å²) in [6.45, 7) is 0. The predicted octanol–water partition coefficient (Wildman–Crippen LogP) is 3.62. The van der Waals surface area contributed by atoms with E-state index in [1.165, 1.54) is 7.11 Å². The number of benzene rings is 3. The smallest absolute Gasteiger partial charge is 0.274 e. The third-order valence-electron chi connectivity index (χ3n) is 4.68. The first-order valence-electron chi connectivity index (χ1n) is 9.40. The molecule has 0 saturated heterocycles. The van der Waals surface area contributed by atoms with E-state index in [4.69, 9.17) is 4.74 Å². The highest BCUT2D eigenvalue weighted by atomic mass is 16.6. The maximum atomic E-state index is 12.5. The Bertz CT molecular complexity index is 1350. The van der Waals surface area contributed by atoms with E-state index in [0.29, 0.717) is 22.4 Å². The molecule has 0 saturated carbocycles. The first-order chi connectivity index (χ1) is 15.5. The van der Waals surface area contributed by atoms with Crippen LogP contribution < -0.4 is 10.2 Å². The lowest BCUT2D eigenvalue weighted by Crippen LogP contribution is -2.17. The van der Waals surface area contributed by atoms with Gasteiger partial charge in [-0.2, -0.15) is 5.10 Å². The average molecular weight is 431 g/mol. The summed E-state index contributed by atoms with van der Waals surface area (Å²) in [6.07, 6.45) is 1.10. The normalized spacial score (nSPS) is 11.0. The van der Waals surface area contributed by atoms with Gasteiger partial charge in [0.15, 0.2) is 11.5 Å². The topological polar surface area (TPSA) is 143 Å². The summed E-state index contributed by atoms with van der Waals surface area (Å²) >= 11 is 0. The number of amides is 1. The number of nitro benzene ring substituents is 1. The monoisotopic (exact) mass is 431 g/mol. The number of rotatable bonds is 6. The molecule has 0 atom stereocenters. The Morgan fingerprint density at radius 1 is 1.22 bits per heavy atom. The van der Waals surface area contributed by atoms with Gasteiger partial charge in [0.25, 0.3) is 11.6 Å². The van der Waals surface area contributed by atoms with Crippen LogP contribution in [-0.2, 0) is 0 Å². The number of imidazole rings is 1. The summed E-state index contributed by atoms with van der Waals surface area (Å²) in [4.78, 5) is 30.6. The second-order valence-corrected chi connectivity index (χ2v) is 6.73. The van der Waals surface area contributed by atoms with Gasteiger partial charge in [-0.25, -0.2) is 10.4 Å². The molecular formula is C22H17N5O5. The number of nitrogens with one attached hydrogen (secondary N) is 2. The molecule has 0 aliphatic rings. The number of carbonyl (C=O) groups is 1. The Morgan fingerprint density at radius 2 is 2.00 bits per heavy atom. The second-order valence-electron chi connectivity index (χ2n) is 6.73. The van der Waals surface area contributed by atoms with Crippen molar-refractivity contribution < 1.29 is 19.6 Å². The molecule has 3 aromatic carbocycles. The number of hydrazone groups is 1. The van der Waals surface area contributed by atoms with Gasteiger partial charge in [-0.05, 0) is 18.2 Å². The molecule has 3 N–H and O–H groups in total. The zero-order valence-electron chi connectivity index (χ0n) is 16.8. The van der Waals surface area contributed by atoms with Gasteiger partial charge in [0.2, 0.25) is 0 Å². The molecular weight excluding hydrogens is 414 g/mol. The minimum atomic E-state index is -0.624. The van der Waals surface area contributed by atoms with Crippen LogP contribution in [0.1, 0.15) is 15.9 Å². The molecule has 0 unspecified atom stereocenters. The number of methoxy groups -OCH3 is 1. The number of aromatic hydroxyl groups is 1. The Morgan fingerprint density at radius 3 is 2.72 bits per heavy atom. The van der Waals surface area contributed by atoms with Crippen LogP contribution in [0.5, 0.6) is 11.5 Å². The van der Waals surface area contributed by atoms with Crippen molar-refractivity contribution in [2.24, 2.45) is 5.10 Å². The minimum Gasteiger partial charge on any atom is -0.504 e. The summed E-state index contributed by atoms with van der Waals surface area (Å²) in [6, 6.07) is 16.8. The molecule has 0 aliphatic heterocycles. The third-order valence-corrected chi connectivity index (χ3v) is 4.68. The number of aromatic nitrogens is 2. The molecule has 0 radical (unpaired) electrons. The third kappa shape index (κ3) is 4.10. The highest BCUT2D eigenvalue weighted by molar-refractivity contribution is 5.98. The Labute approximate surface area is 181 Å². The van der Waals surface area contributed by atoms with Gasteiger partial charge in [0.1, 0.15) is 5.82 Å². The number of fused-ring (bicyclic) bond motifs is 1. The fourth-order valence-corrected chi connectivity index (χ4v) is 3.08. The van der Waals surface area contributed by atoms with Crippen molar-refractivity contribution in [1.82, 2.24) is 15.4 Å². The van der Waals surface area contributed by atoms with Crippen molar-refractivity contribution >= 4 is 28.8 Å². The van der Waals surface area contributed by atoms with Gasteiger partial charge in [-0.15, -0.1) is 0 Å². The molecule has 1 aromatic heterocycles. The van der Waals surface area contributed by atoms with Gasteiger partial charge in [0, 0.05) is 22.8 Å². The first-order valence-corrected chi connectivity index (χ1v) is 9.40. The number of H-pyrrole nitrogens is 1. The molecule has 32 heavy (non-hydrogen) atoms. The van der Waals surface area contributed by atoms with Gasteiger partial charge in [0.05, 0.1) is 35.3 Å². The largest absolute Gasteiger partial charge is 0.504 e. The Hall–Kier alpha value is -4.73.